The molecule has 2 aliphatic carbocycles. The van der Waals surface area contributed by atoms with Crippen LogP contribution >= 0.6 is 0 Å². The molecule has 114 valence electrons. The van der Waals surface area contributed by atoms with E-state index in [1.54, 1.807) is 0 Å². The van der Waals surface area contributed by atoms with Crippen LogP contribution in [-0.4, -0.2) is 35.9 Å². The van der Waals surface area contributed by atoms with E-state index < -0.39 is 5.60 Å². The van der Waals surface area contributed by atoms with Gasteiger partial charge in [0, 0.05) is 12.6 Å². The smallest absolute Gasteiger partial charge is 0.308 e. The summed E-state index contributed by atoms with van der Waals surface area (Å²) in [5.74, 6) is -0.118. The summed E-state index contributed by atoms with van der Waals surface area (Å²) in [4.78, 5) is 11.7. The van der Waals surface area contributed by atoms with E-state index >= 15 is 0 Å². The van der Waals surface area contributed by atoms with E-state index in [0.29, 0.717) is 32.0 Å². The molecule has 0 aromatic heterocycles. The molecule has 4 nitrogen and oxygen atoms in total. The average molecular weight is 281 g/mol. The molecule has 0 aromatic rings. The molecular formula is C16H27NO3. The number of carbonyl (C=O) groups excluding carboxylic acids is 1. The van der Waals surface area contributed by atoms with Gasteiger partial charge in [-0.05, 0) is 51.9 Å². The van der Waals surface area contributed by atoms with Gasteiger partial charge in [-0.2, -0.15) is 0 Å². The first-order chi connectivity index (χ1) is 9.63. The van der Waals surface area contributed by atoms with Crippen LogP contribution in [0.5, 0.6) is 0 Å². The van der Waals surface area contributed by atoms with E-state index in [1.165, 1.54) is 0 Å². The molecule has 0 saturated heterocycles. The van der Waals surface area contributed by atoms with E-state index in [2.05, 4.69) is 17.5 Å². The molecular weight excluding hydrogens is 254 g/mol. The molecule has 0 amide bonds. The lowest BCUT2D eigenvalue weighted by Gasteiger charge is -2.36. The predicted octanol–water partition coefficient (Wildman–Crippen LogP) is 2.17. The third kappa shape index (κ3) is 4.32. The first kappa shape index (κ1) is 15.5. The lowest BCUT2D eigenvalue weighted by Crippen LogP contribution is -2.47. The van der Waals surface area contributed by atoms with Crippen molar-refractivity contribution in [2.45, 2.75) is 63.5 Å². The largest absolute Gasteiger partial charge is 0.466 e. The zero-order valence-corrected chi connectivity index (χ0v) is 12.4. The topological polar surface area (TPSA) is 58.6 Å². The second-order valence-electron chi connectivity index (χ2n) is 6.11. The minimum absolute atomic E-state index is 0.0205. The predicted molar refractivity (Wildman–Crippen MR) is 78.3 cm³/mol. The van der Waals surface area contributed by atoms with E-state index in [-0.39, 0.29) is 11.9 Å². The summed E-state index contributed by atoms with van der Waals surface area (Å²) >= 11 is 0. The van der Waals surface area contributed by atoms with Crippen molar-refractivity contribution < 1.29 is 14.6 Å². The molecule has 1 atom stereocenters. The van der Waals surface area contributed by atoms with Crippen LogP contribution in [0.25, 0.3) is 0 Å². The molecule has 1 fully saturated rings. The Hall–Kier alpha value is -0.870. The first-order valence-electron chi connectivity index (χ1n) is 7.90. The Morgan fingerprint density at radius 2 is 2.10 bits per heavy atom. The maximum Gasteiger partial charge on any atom is 0.308 e. The van der Waals surface area contributed by atoms with Crippen molar-refractivity contribution in [1.82, 2.24) is 5.32 Å². The van der Waals surface area contributed by atoms with E-state index in [9.17, 15) is 9.90 Å². The lowest BCUT2D eigenvalue weighted by molar-refractivity contribution is -0.151. The second kappa shape index (κ2) is 7.23. The SMILES string of the molecule is CCOC(=O)C1CCC(O)(CNC2CC=CCC2)CC1. The minimum atomic E-state index is -0.649. The van der Waals surface area contributed by atoms with Crippen LogP contribution in [0.2, 0.25) is 0 Å². The first-order valence-corrected chi connectivity index (χ1v) is 7.90. The molecule has 0 bridgehead atoms. The van der Waals surface area contributed by atoms with E-state index in [0.717, 1.165) is 32.1 Å². The number of aliphatic hydroxyl groups is 1. The van der Waals surface area contributed by atoms with Gasteiger partial charge in [-0.3, -0.25) is 4.79 Å². The van der Waals surface area contributed by atoms with Crippen LogP contribution < -0.4 is 5.32 Å². The summed E-state index contributed by atoms with van der Waals surface area (Å²) in [6.07, 6.45) is 10.6. The van der Waals surface area contributed by atoms with Crippen LogP contribution in [0, 0.1) is 5.92 Å². The van der Waals surface area contributed by atoms with Gasteiger partial charge in [-0.1, -0.05) is 12.2 Å². The Balaban J connectivity index is 1.73. The average Bonchev–Trinajstić information content (AvgIpc) is 2.47. The Morgan fingerprint density at radius 1 is 1.35 bits per heavy atom. The minimum Gasteiger partial charge on any atom is -0.466 e. The lowest BCUT2D eigenvalue weighted by atomic mass is 9.78. The summed E-state index contributed by atoms with van der Waals surface area (Å²) in [7, 11) is 0. The highest BCUT2D eigenvalue weighted by molar-refractivity contribution is 5.72. The van der Waals surface area contributed by atoms with Crippen LogP contribution in [0.1, 0.15) is 51.9 Å². The highest BCUT2D eigenvalue weighted by Gasteiger charge is 2.36. The molecule has 2 N–H and O–H groups in total. The van der Waals surface area contributed by atoms with Gasteiger partial charge in [-0.15, -0.1) is 0 Å². The summed E-state index contributed by atoms with van der Waals surface area (Å²) in [6, 6.07) is 0.492. The molecule has 2 aliphatic rings. The fourth-order valence-corrected chi connectivity index (χ4v) is 3.14. The van der Waals surface area contributed by atoms with Gasteiger partial charge in [0.05, 0.1) is 18.1 Å². The molecule has 0 radical (unpaired) electrons. The zero-order valence-electron chi connectivity index (χ0n) is 12.4. The molecule has 4 heteroatoms. The number of carbonyl (C=O) groups is 1. The Bertz CT molecular complexity index is 346. The normalized spacial score (nSPS) is 33.9. The number of allylic oxidation sites excluding steroid dienone is 1. The fraction of sp³-hybridized carbons (Fsp3) is 0.812. The molecule has 0 heterocycles. The van der Waals surface area contributed by atoms with Gasteiger partial charge in [0.15, 0.2) is 0 Å². The number of hydrogen-bond acceptors (Lipinski definition) is 4. The third-order valence-corrected chi connectivity index (χ3v) is 4.53. The molecule has 1 saturated carbocycles. The van der Waals surface area contributed by atoms with Crippen LogP contribution in [0.15, 0.2) is 12.2 Å². The van der Waals surface area contributed by atoms with Gasteiger partial charge in [-0.25, -0.2) is 0 Å². The third-order valence-electron chi connectivity index (χ3n) is 4.53. The summed E-state index contributed by atoms with van der Waals surface area (Å²) in [5.41, 5.74) is -0.649. The van der Waals surface area contributed by atoms with Crippen molar-refractivity contribution in [1.29, 1.82) is 0 Å². The zero-order chi connectivity index (χ0) is 14.4. The quantitative estimate of drug-likeness (QED) is 0.599. The molecule has 20 heavy (non-hydrogen) atoms. The standard InChI is InChI=1S/C16H27NO3/c1-2-20-15(18)13-8-10-16(19,11-9-13)12-17-14-6-4-3-5-7-14/h3-4,13-14,17,19H,2,5-12H2,1H3. The van der Waals surface area contributed by atoms with Crippen molar-refractivity contribution in [3.8, 4) is 0 Å². The van der Waals surface area contributed by atoms with Gasteiger partial charge < -0.3 is 15.2 Å². The number of esters is 1. The number of nitrogens with one attached hydrogen (secondary N) is 1. The summed E-state index contributed by atoms with van der Waals surface area (Å²) < 4.78 is 5.06. The highest BCUT2D eigenvalue weighted by Crippen LogP contribution is 2.32. The van der Waals surface area contributed by atoms with Crippen molar-refractivity contribution in [3.63, 3.8) is 0 Å². The molecule has 0 aliphatic heterocycles. The monoisotopic (exact) mass is 281 g/mol. The van der Waals surface area contributed by atoms with Gasteiger partial charge >= 0.3 is 5.97 Å². The summed E-state index contributed by atoms with van der Waals surface area (Å²) in [5, 5.41) is 14.1. The van der Waals surface area contributed by atoms with E-state index in [1.807, 2.05) is 6.92 Å². The van der Waals surface area contributed by atoms with Crippen molar-refractivity contribution in [2.24, 2.45) is 5.92 Å². The van der Waals surface area contributed by atoms with Gasteiger partial charge in [0.1, 0.15) is 0 Å². The Labute approximate surface area is 121 Å². The van der Waals surface area contributed by atoms with Crippen LogP contribution in [0.4, 0.5) is 0 Å². The Morgan fingerprint density at radius 3 is 2.70 bits per heavy atom. The number of ether oxygens (including phenoxy) is 1. The van der Waals surface area contributed by atoms with Crippen molar-refractivity contribution >= 4 is 5.97 Å². The maximum atomic E-state index is 11.7. The summed E-state index contributed by atoms with van der Waals surface area (Å²) in [6.45, 7) is 2.91. The number of hydrogen-bond donors (Lipinski definition) is 2. The van der Waals surface area contributed by atoms with Crippen molar-refractivity contribution in [3.05, 3.63) is 12.2 Å². The highest BCUT2D eigenvalue weighted by atomic mass is 16.5. The molecule has 2 rings (SSSR count). The molecule has 0 spiro atoms. The van der Waals surface area contributed by atoms with Gasteiger partial charge in [0.25, 0.3) is 0 Å². The molecule has 0 aromatic carbocycles. The van der Waals surface area contributed by atoms with Crippen molar-refractivity contribution in [2.75, 3.05) is 13.2 Å². The second-order valence-corrected chi connectivity index (χ2v) is 6.11. The maximum absolute atomic E-state index is 11.7. The number of rotatable bonds is 5. The van der Waals surface area contributed by atoms with Crippen LogP contribution in [0.3, 0.4) is 0 Å². The van der Waals surface area contributed by atoms with Crippen LogP contribution in [-0.2, 0) is 9.53 Å². The fourth-order valence-electron chi connectivity index (χ4n) is 3.14. The molecule has 1 unspecified atom stereocenters. The van der Waals surface area contributed by atoms with E-state index in [4.69, 9.17) is 4.74 Å². The Kier molecular flexibility index (Phi) is 5.61. The van der Waals surface area contributed by atoms with Gasteiger partial charge in [0.2, 0.25) is 0 Å².